The fraction of sp³-hybridized carbons (Fsp3) is 0.412. The van der Waals surface area contributed by atoms with Gasteiger partial charge < -0.3 is 4.98 Å². The van der Waals surface area contributed by atoms with Gasteiger partial charge >= 0.3 is 0 Å². The Bertz CT molecular complexity index is 773. The molecule has 0 bridgehead atoms. The molecule has 1 N–H and O–H groups in total. The summed E-state index contributed by atoms with van der Waals surface area (Å²) >= 11 is 0. The second kappa shape index (κ2) is 6.58. The molecule has 0 saturated heterocycles. The van der Waals surface area contributed by atoms with Crippen LogP contribution in [0.15, 0.2) is 23.0 Å². The third kappa shape index (κ3) is 3.47. The highest BCUT2D eigenvalue weighted by Gasteiger charge is 2.21. The van der Waals surface area contributed by atoms with Gasteiger partial charge in [-0.05, 0) is 18.9 Å². The molecule has 0 spiro atoms. The van der Waals surface area contributed by atoms with Crippen LogP contribution in [-0.4, -0.2) is 21.4 Å². The van der Waals surface area contributed by atoms with Gasteiger partial charge in [-0.3, -0.25) is 9.69 Å². The Kier molecular flexibility index (Phi) is 4.52. The first-order valence-corrected chi connectivity index (χ1v) is 7.84. The lowest BCUT2D eigenvalue weighted by atomic mass is 10.1. The zero-order valence-electron chi connectivity index (χ0n) is 13.0. The van der Waals surface area contributed by atoms with Crippen molar-refractivity contribution in [3.63, 3.8) is 0 Å². The molecule has 1 aromatic carbocycles. The van der Waals surface area contributed by atoms with Crippen LogP contribution in [0.4, 0.5) is 8.78 Å². The maximum atomic E-state index is 13.8. The Balaban J connectivity index is 1.80. The average molecular weight is 319 g/mol. The van der Waals surface area contributed by atoms with Gasteiger partial charge in [-0.1, -0.05) is 13.0 Å². The molecular weight excluding hydrogens is 300 g/mol. The number of rotatable bonds is 4. The third-order valence-electron chi connectivity index (χ3n) is 4.10. The van der Waals surface area contributed by atoms with Crippen LogP contribution in [0, 0.1) is 11.6 Å². The topological polar surface area (TPSA) is 49.0 Å². The number of hydrogen-bond acceptors (Lipinski definition) is 3. The van der Waals surface area contributed by atoms with E-state index in [0.717, 1.165) is 30.2 Å². The molecule has 1 aliphatic heterocycles. The van der Waals surface area contributed by atoms with Crippen LogP contribution >= 0.6 is 0 Å². The monoisotopic (exact) mass is 319 g/mol. The van der Waals surface area contributed by atoms with Crippen LogP contribution in [-0.2, 0) is 25.9 Å². The van der Waals surface area contributed by atoms with Crippen LogP contribution in [0.5, 0.6) is 0 Å². The Morgan fingerprint density at radius 1 is 1.35 bits per heavy atom. The van der Waals surface area contributed by atoms with E-state index in [1.807, 2.05) is 11.8 Å². The molecule has 0 unspecified atom stereocenters. The number of halogens is 2. The highest BCUT2D eigenvalue weighted by molar-refractivity contribution is 5.23. The average Bonchev–Trinajstić information content (AvgIpc) is 2.50. The van der Waals surface area contributed by atoms with Crippen LogP contribution in [0.3, 0.4) is 0 Å². The van der Waals surface area contributed by atoms with Crippen LogP contribution < -0.4 is 5.56 Å². The second-order valence-corrected chi connectivity index (χ2v) is 5.88. The normalized spacial score (nSPS) is 14.7. The van der Waals surface area contributed by atoms with E-state index in [4.69, 9.17) is 0 Å². The fourth-order valence-electron chi connectivity index (χ4n) is 2.93. The van der Waals surface area contributed by atoms with Gasteiger partial charge in [0.25, 0.3) is 5.56 Å². The number of aromatic nitrogens is 2. The third-order valence-corrected chi connectivity index (χ3v) is 4.10. The zero-order valence-corrected chi connectivity index (χ0v) is 13.0. The van der Waals surface area contributed by atoms with Crippen molar-refractivity contribution >= 4 is 0 Å². The number of aryl methyl sites for hydroxylation is 1. The highest BCUT2D eigenvalue weighted by Crippen LogP contribution is 2.18. The Labute approximate surface area is 133 Å². The van der Waals surface area contributed by atoms with E-state index >= 15 is 0 Å². The minimum atomic E-state index is -0.576. The van der Waals surface area contributed by atoms with E-state index in [1.165, 1.54) is 12.1 Å². The zero-order chi connectivity index (χ0) is 16.4. The molecule has 1 aromatic heterocycles. The van der Waals surface area contributed by atoms with Gasteiger partial charge in [0.2, 0.25) is 0 Å². The SMILES string of the molecule is CCCc1nc2c(c(=O)[nH]1)CCN(Cc1ccc(F)cc1F)C2. The lowest BCUT2D eigenvalue weighted by molar-refractivity contribution is 0.236. The first kappa shape index (κ1) is 15.8. The van der Waals surface area contributed by atoms with Crippen molar-refractivity contribution in [2.24, 2.45) is 0 Å². The summed E-state index contributed by atoms with van der Waals surface area (Å²) in [5.74, 6) is -0.417. The largest absolute Gasteiger partial charge is 0.310 e. The van der Waals surface area contributed by atoms with Crippen molar-refractivity contribution < 1.29 is 8.78 Å². The molecular formula is C17H19F2N3O. The molecule has 2 aromatic rings. The quantitative estimate of drug-likeness (QED) is 0.942. The summed E-state index contributed by atoms with van der Waals surface area (Å²) < 4.78 is 26.8. The van der Waals surface area contributed by atoms with Crippen LogP contribution in [0.2, 0.25) is 0 Å². The van der Waals surface area contributed by atoms with E-state index in [9.17, 15) is 13.6 Å². The first-order valence-electron chi connectivity index (χ1n) is 7.84. The second-order valence-electron chi connectivity index (χ2n) is 5.88. The predicted molar refractivity (Wildman–Crippen MR) is 83.0 cm³/mol. The van der Waals surface area contributed by atoms with Gasteiger partial charge in [-0.2, -0.15) is 0 Å². The number of aromatic amines is 1. The smallest absolute Gasteiger partial charge is 0.254 e. The predicted octanol–water partition coefficient (Wildman–Crippen LogP) is 2.56. The van der Waals surface area contributed by atoms with Crippen molar-refractivity contribution in [1.82, 2.24) is 14.9 Å². The molecule has 0 saturated carbocycles. The summed E-state index contributed by atoms with van der Waals surface area (Å²) in [6.45, 7) is 3.57. The molecule has 1 aliphatic rings. The van der Waals surface area contributed by atoms with Gasteiger partial charge in [0.1, 0.15) is 17.5 Å². The van der Waals surface area contributed by atoms with Crippen LogP contribution in [0.1, 0.15) is 36.0 Å². The summed E-state index contributed by atoms with van der Waals surface area (Å²) in [7, 11) is 0. The van der Waals surface area contributed by atoms with E-state index < -0.39 is 11.6 Å². The van der Waals surface area contributed by atoms with Crippen molar-refractivity contribution in [3.05, 3.63) is 62.8 Å². The molecule has 0 atom stereocenters. The standard InChI is InChI=1S/C17H19F2N3O/c1-2-3-16-20-15-10-22(7-6-13(15)17(23)21-16)9-11-4-5-12(18)8-14(11)19/h4-5,8H,2-3,6-7,9-10H2,1H3,(H,20,21,23). The minimum absolute atomic E-state index is 0.0638. The summed E-state index contributed by atoms with van der Waals surface area (Å²) in [5, 5.41) is 0. The molecule has 4 nitrogen and oxygen atoms in total. The molecule has 0 amide bonds. The summed E-state index contributed by atoms with van der Waals surface area (Å²) in [5.41, 5.74) is 1.88. The first-order chi connectivity index (χ1) is 11.1. The van der Waals surface area contributed by atoms with E-state index in [0.29, 0.717) is 37.4 Å². The van der Waals surface area contributed by atoms with E-state index in [1.54, 1.807) is 0 Å². The minimum Gasteiger partial charge on any atom is -0.310 e. The van der Waals surface area contributed by atoms with Gasteiger partial charge in [0, 0.05) is 43.2 Å². The molecule has 23 heavy (non-hydrogen) atoms. The number of H-pyrrole nitrogens is 1. The molecule has 3 rings (SSSR count). The lowest BCUT2D eigenvalue weighted by Gasteiger charge is -2.27. The molecule has 122 valence electrons. The molecule has 6 heteroatoms. The molecule has 0 radical (unpaired) electrons. The number of hydrogen-bond donors (Lipinski definition) is 1. The van der Waals surface area contributed by atoms with Crippen molar-refractivity contribution in [2.75, 3.05) is 6.54 Å². The van der Waals surface area contributed by atoms with Crippen molar-refractivity contribution in [2.45, 2.75) is 39.3 Å². The Morgan fingerprint density at radius 3 is 2.91 bits per heavy atom. The maximum Gasteiger partial charge on any atom is 0.254 e. The Hall–Kier alpha value is -2.08. The lowest BCUT2D eigenvalue weighted by Crippen LogP contribution is -2.35. The van der Waals surface area contributed by atoms with Crippen LogP contribution in [0.25, 0.3) is 0 Å². The molecule has 0 aliphatic carbocycles. The van der Waals surface area contributed by atoms with Gasteiger partial charge in [0.15, 0.2) is 0 Å². The fourth-order valence-corrected chi connectivity index (χ4v) is 2.93. The Morgan fingerprint density at radius 2 is 2.17 bits per heavy atom. The van der Waals surface area contributed by atoms with Crippen molar-refractivity contribution in [1.29, 1.82) is 0 Å². The summed E-state index contributed by atoms with van der Waals surface area (Å²) in [4.78, 5) is 21.5. The van der Waals surface area contributed by atoms with Gasteiger partial charge in [-0.15, -0.1) is 0 Å². The van der Waals surface area contributed by atoms with Gasteiger partial charge in [-0.25, -0.2) is 13.8 Å². The number of nitrogens with one attached hydrogen (secondary N) is 1. The molecule has 2 heterocycles. The highest BCUT2D eigenvalue weighted by atomic mass is 19.1. The maximum absolute atomic E-state index is 13.8. The number of nitrogens with zero attached hydrogens (tertiary/aromatic N) is 2. The van der Waals surface area contributed by atoms with Crippen molar-refractivity contribution in [3.8, 4) is 0 Å². The van der Waals surface area contributed by atoms with Gasteiger partial charge in [0.05, 0.1) is 5.69 Å². The number of fused-ring (bicyclic) bond motifs is 1. The molecule has 0 fully saturated rings. The van der Waals surface area contributed by atoms with E-state index in [-0.39, 0.29) is 5.56 Å². The summed E-state index contributed by atoms with van der Waals surface area (Å²) in [6, 6.07) is 3.63. The van der Waals surface area contributed by atoms with E-state index in [2.05, 4.69) is 9.97 Å². The summed E-state index contributed by atoms with van der Waals surface area (Å²) in [6.07, 6.45) is 2.23. The number of benzene rings is 1.